The Bertz CT molecular complexity index is 488. The molecule has 0 atom stereocenters. The van der Waals surface area contributed by atoms with Gasteiger partial charge in [0.1, 0.15) is 5.82 Å². The molecule has 16 heavy (non-hydrogen) atoms. The summed E-state index contributed by atoms with van der Waals surface area (Å²) >= 11 is 6.04. The van der Waals surface area contributed by atoms with Gasteiger partial charge in [0.25, 0.3) is 0 Å². The van der Waals surface area contributed by atoms with Crippen LogP contribution >= 0.6 is 11.6 Å². The molecule has 0 radical (unpaired) electrons. The zero-order chi connectivity index (χ0) is 11.4. The predicted molar refractivity (Wildman–Crippen MR) is 62.2 cm³/mol. The quantitative estimate of drug-likeness (QED) is 0.886. The van der Waals surface area contributed by atoms with Crippen molar-refractivity contribution in [3.63, 3.8) is 0 Å². The van der Waals surface area contributed by atoms with Gasteiger partial charge in [0, 0.05) is 17.6 Å². The molecule has 0 saturated heterocycles. The van der Waals surface area contributed by atoms with Crippen LogP contribution in [0.5, 0.6) is 0 Å². The molecular weight excluding hydrogens is 224 g/mol. The Morgan fingerprint density at radius 1 is 1.19 bits per heavy atom. The highest BCUT2D eigenvalue weighted by Gasteiger charge is 2.03. The smallest absolute Gasteiger partial charge is 0.133 e. The Morgan fingerprint density at radius 2 is 2.00 bits per heavy atom. The minimum Gasteiger partial charge on any atom is -0.390 e. The maximum Gasteiger partial charge on any atom is 0.133 e. The Morgan fingerprint density at radius 3 is 2.75 bits per heavy atom. The summed E-state index contributed by atoms with van der Waals surface area (Å²) in [7, 11) is 0. The van der Waals surface area contributed by atoms with Gasteiger partial charge in [-0.25, -0.2) is 9.97 Å². The Hall–Kier alpha value is -1.45. The first-order chi connectivity index (χ1) is 7.79. The number of aliphatic hydroxyl groups excluding tert-OH is 1. The predicted octanol–water partition coefficient (Wildman–Crippen LogP) is 2.21. The Balaban J connectivity index is 2.24. The first-order valence-corrected chi connectivity index (χ1v) is 5.32. The molecule has 0 aliphatic rings. The topological polar surface area (TPSA) is 46.0 Å². The summed E-state index contributed by atoms with van der Waals surface area (Å²) in [6, 6.07) is 9.29. The molecule has 2 rings (SSSR count). The molecule has 3 nitrogen and oxygen atoms in total. The summed E-state index contributed by atoms with van der Waals surface area (Å²) in [6.07, 6.45) is 2.22. The number of nitrogens with zero attached hydrogens (tertiary/aromatic N) is 2. The van der Waals surface area contributed by atoms with E-state index in [-0.39, 0.29) is 6.61 Å². The van der Waals surface area contributed by atoms with E-state index in [1.165, 1.54) is 0 Å². The van der Waals surface area contributed by atoms with Gasteiger partial charge in [-0.05, 0) is 17.7 Å². The number of halogens is 1. The van der Waals surface area contributed by atoms with Crippen molar-refractivity contribution < 1.29 is 5.11 Å². The van der Waals surface area contributed by atoms with E-state index in [1.54, 1.807) is 12.3 Å². The van der Waals surface area contributed by atoms with Crippen LogP contribution in [0.4, 0.5) is 0 Å². The molecule has 1 aromatic heterocycles. The van der Waals surface area contributed by atoms with Crippen molar-refractivity contribution in [2.75, 3.05) is 0 Å². The minimum atomic E-state index is -0.0714. The molecule has 0 aliphatic carbocycles. The van der Waals surface area contributed by atoms with Gasteiger partial charge in [0.2, 0.25) is 0 Å². The molecule has 0 unspecified atom stereocenters. The van der Waals surface area contributed by atoms with Gasteiger partial charge in [-0.2, -0.15) is 0 Å². The summed E-state index contributed by atoms with van der Waals surface area (Å²) in [5, 5.41) is 9.68. The van der Waals surface area contributed by atoms with Crippen LogP contribution in [-0.2, 0) is 13.0 Å². The van der Waals surface area contributed by atoms with E-state index in [1.807, 2.05) is 24.3 Å². The third kappa shape index (κ3) is 2.56. The molecule has 0 fully saturated rings. The second-order valence-corrected chi connectivity index (χ2v) is 3.80. The lowest BCUT2D eigenvalue weighted by Crippen LogP contribution is -2.00. The van der Waals surface area contributed by atoms with Crippen molar-refractivity contribution in [2.45, 2.75) is 13.0 Å². The number of aliphatic hydroxyl groups is 1. The molecule has 1 heterocycles. The fourth-order valence-electron chi connectivity index (χ4n) is 1.43. The zero-order valence-corrected chi connectivity index (χ0v) is 9.35. The second kappa shape index (κ2) is 5.05. The lowest BCUT2D eigenvalue weighted by Gasteiger charge is -2.03. The average Bonchev–Trinajstić information content (AvgIpc) is 2.32. The molecular formula is C12H11ClN2O. The molecule has 0 saturated carbocycles. The molecule has 1 N–H and O–H groups in total. The van der Waals surface area contributed by atoms with E-state index in [4.69, 9.17) is 16.7 Å². The number of aromatic nitrogens is 2. The Labute approximate surface area is 98.8 Å². The molecule has 0 amide bonds. The molecule has 0 aliphatic heterocycles. The fraction of sp³-hybridized carbons (Fsp3) is 0.167. The van der Waals surface area contributed by atoms with Crippen LogP contribution in [0.3, 0.4) is 0 Å². The van der Waals surface area contributed by atoms with E-state index in [0.717, 1.165) is 5.56 Å². The SMILES string of the molecule is OCc1ccnc(Cc2ccccc2Cl)n1. The largest absolute Gasteiger partial charge is 0.390 e. The molecule has 4 heteroatoms. The van der Waals surface area contributed by atoms with Crippen molar-refractivity contribution in [3.8, 4) is 0 Å². The summed E-state index contributed by atoms with van der Waals surface area (Å²) in [6.45, 7) is -0.0714. The normalized spacial score (nSPS) is 10.4. The van der Waals surface area contributed by atoms with E-state index < -0.39 is 0 Å². The maximum absolute atomic E-state index is 8.97. The summed E-state index contributed by atoms with van der Waals surface area (Å²) in [4.78, 5) is 8.35. The Kier molecular flexibility index (Phi) is 3.49. The van der Waals surface area contributed by atoms with Crippen molar-refractivity contribution >= 4 is 11.6 Å². The van der Waals surface area contributed by atoms with E-state index in [0.29, 0.717) is 23.0 Å². The highest BCUT2D eigenvalue weighted by atomic mass is 35.5. The summed E-state index contributed by atoms with van der Waals surface area (Å²) in [5.74, 6) is 0.666. The number of benzene rings is 1. The molecule has 82 valence electrons. The first kappa shape index (κ1) is 11.0. The van der Waals surface area contributed by atoms with Crippen molar-refractivity contribution in [2.24, 2.45) is 0 Å². The summed E-state index contributed by atoms with van der Waals surface area (Å²) in [5.41, 5.74) is 1.61. The van der Waals surface area contributed by atoms with Gasteiger partial charge < -0.3 is 5.11 Å². The average molecular weight is 235 g/mol. The molecule has 2 aromatic rings. The lowest BCUT2D eigenvalue weighted by molar-refractivity contribution is 0.276. The number of rotatable bonds is 3. The number of hydrogen-bond donors (Lipinski definition) is 1. The van der Waals surface area contributed by atoms with E-state index in [2.05, 4.69) is 9.97 Å². The van der Waals surface area contributed by atoms with Crippen molar-refractivity contribution in [1.29, 1.82) is 0 Å². The van der Waals surface area contributed by atoms with Gasteiger partial charge >= 0.3 is 0 Å². The fourth-order valence-corrected chi connectivity index (χ4v) is 1.63. The summed E-state index contributed by atoms with van der Waals surface area (Å²) < 4.78 is 0. The number of hydrogen-bond acceptors (Lipinski definition) is 3. The monoisotopic (exact) mass is 234 g/mol. The van der Waals surface area contributed by atoms with Crippen molar-refractivity contribution in [1.82, 2.24) is 9.97 Å². The third-order valence-electron chi connectivity index (χ3n) is 2.23. The highest BCUT2D eigenvalue weighted by Crippen LogP contribution is 2.17. The maximum atomic E-state index is 8.97. The van der Waals surface area contributed by atoms with Gasteiger partial charge in [-0.1, -0.05) is 29.8 Å². The van der Waals surface area contributed by atoms with Crippen LogP contribution in [0.2, 0.25) is 5.02 Å². The van der Waals surface area contributed by atoms with Crippen LogP contribution in [-0.4, -0.2) is 15.1 Å². The molecule has 0 spiro atoms. The van der Waals surface area contributed by atoms with Crippen LogP contribution in [0, 0.1) is 0 Å². The van der Waals surface area contributed by atoms with Crippen LogP contribution in [0.25, 0.3) is 0 Å². The van der Waals surface area contributed by atoms with Gasteiger partial charge in [0.05, 0.1) is 12.3 Å². The zero-order valence-electron chi connectivity index (χ0n) is 8.60. The van der Waals surface area contributed by atoms with Gasteiger partial charge in [-0.3, -0.25) is 0 Å². The minimum absolute atomic E-state index is 0.0714. The van der Waals surface area contributed by atoms with Crippen LogP contribution < -0.4 is 0 Å². The molecule has 0 bridgehead atoms. The van der Waals surface area contributed by atoms with E-state index >= 15 is 0 Å². The van der Waals surface area contributed by atoms with Gasteiger partial charge in [0.15, 0.2) is 0 Å². The second-order valence-electron chi connectivity index (χ2n) is 3.39. The lowest BCUT2D eigenvalue weighted by atomic mass is 10.1. The standard InChI is InChI=1S/C12H11ClN2O/c13-11-4-2-1-3-9(11)7-12-14-6-5-10(8-16)15-12/h1-6,16H,7-8H2. The van der Waals surface area contributed by atoms with E-state index in [9.17, 15) is 0 Å². The van der Waals surface area contributed by atoms with Crippen molar-refractivity contribution in [3.05, 3.63) is 58.6 Å². The first-order valence-electron chi connectivity index (χ1n) is 4.94. The highest BCUT2D eigenvalue weighted by molar-refractivity contribution is 6.31. The van der Waals surface area contributed by atoms with Gasteiger partial charge in [-0.15, -0.1) is 0 Å². The molecule has 1 aromatic carbocycles. The van der Waals surface area contributed by atoms with Crippen LogP contribution in [0.1, 0.15) is 17.1 Å². The third-order valence-corrected chi connectivity index (χ3v) is 2.60. The van der Waals surface area contributed by atoms with Crippen LogP contribution in [0.15, 0.2) is 36.5 Å².